The van der Waals surface area contributed by atoms with Crippen molar-refractivity contribution in [2.24, 2.45) is 5.41 Å². The molecule has 2 unspecified atom stereocenters. The minimum absolute atomic E-state index is 0.465. The monoisotopic (exact) mass is 272 g/mol. The van der Waals surface area contributed by atoms with Crippen LogP contribution in [0.15, 0.2) is 18.3 Å². The lowest BCUT2D eigenvalue weighted by Crippen LogP contribution is -2.47. The Bertz CT molecular complexity index is 448. The van der Waals surface area contributed by atoms with E-state index >= 15 is 0 Å². The third-order valence-corrected chi connectivity index (χ3v) is 5.56. The number of fused-ring (bicyclic) bond motifs is 1. The minimum atomic E-state index is 0.465. The van der Waals surface area contributed by atoms with Gasteiger partial charge in [-0.2, -0.15) is 0 Å². The fourth-order valence-electron chi connectivity index (χ4n) is 4.56. The molecule has 1 saturated carbocycles. The molecule has 0 radical (unpaired) electrons. The predicted molar refractivity (Wildman–Crippen MR) is 84.0 cm³/mol. The van der Waals surface area contributed by atoms with Gasteiger partial charge in [0.15, 0.2) is 0 Å². The van der Waals surface area contributed by atoms with Gasteiger partial charge in [-0.3, -0.25) is 4.98 Å². The van der Waals surface area contributed by atoms with Gasteiger partial charge < -0.3 is 5.32 Å². The molecule has 0 aromatic carbocycles. The van der Waals surface area contributed by atoms with Crippen LogP contribution >= 0.6 is 0 Å². The minimum Gasteiger partial charge on any atom is -0.313 e. The number of likely N-dealkylation sites (N-methyl/N-ethyl adjacent to an activating group) is 1. The molecule has 1 heterocycles. The van der Waals surface area contributed by atoms with E-state index in [1.807, 2.05) is 6.20 Å². The van der Waals surface area contributed by atoms with E-state index in [4.69, 9.17) is 4.98 Å². The lowest BCUT2D eigenvalue weighted by atomic mass is 9.69. The standard InChI is InChI=1S/C18H28N2/c1-3-19-17(18(2)11-4-5-12-18)15-10-6-8-14-9-7-13-20-16(14)15/h7,9,13,15,17,19H,3-6,8,10-12H2,1-2H3. The molecule has 0 spiro atoms. The molecule has 110 valence electrons. The van der Waals surface area contributed by atoms with Crippen molar-refractivity contribution in [1.82, 2.24) is 10.3 Å². The van der Waals surface area contributed by atoms with Gasteiger partial charge in [0.2, 0.25) is 0 Å². The van der Waals surface area contributed by atoms with E-state index in [2.05, 4.69) is 31.3 Å². The quantitative estimate of drug-likeness (QED) is 0.894. The first-order chi connectivity index (χ1) is 9.74. The summed E-state index contributed by atoms with van der Waals surface area (Å²) in [5.41, 5.74) is 3.35. The van der Waals surface area contributed by atoms with E-state index in [1.165, 1.54) is 56.2 Å². The first-order valence-electron chi connectivity index (χ1n) is 8.42. The van der Waals surface area contributed by atoms with Gasteiger partial charge in [-0.25, -0.2) is 0 Å². The smallest absolute Gasteiger partial charge is 0.0482 e. The summed E-state index contributed by atoms with van der Waals surface area (Å²) >= 11 is 0. The number of aryl methyl sites for hydroxylation is 1. The summed E-state index contributed by atoms with van der Waals surface area (Å²) in [7, 11) is 0. The largest absolute Gasteiger partial charge is 0.313 e. The second kappa shape index (κ2) is 5.85. The van der Waals surface area contributed by atoms with E-state index in [1.54, 1.807) is 0 Å². The number of nitrogens with one attached hydrogen (secondary N) is 1. The maximum Gasteiger partial charge on any atom is 0.0482 e. The molecule has 0 aliphatic heterocycles. The molecule has 0 saturated heterocycles. The van der Waals surface area contributed by atoms with Crippen LogP contribution in [0.2, 0.25) is 0 Å². The molecule has 2 heteroatoms. The average molecular weight is 272 g/mol. The van der Waals surface area contributed by atoms with Crippen LogP contribution in [0.25, 0.3) is 0 Å². The van der Waals surface area contributed by atoms with E-state index in [0.717, 1.165) is 6.54 Å². The molecule has 1 aromatic rings. The number of pyridine rings is 1. The summed E-state index contributed by atoms with van der Waals surface area (Å²) in [6.45, 7) is 5.82. The maximum absolute atomic E-state index is 4.77. The first kappa shape index (κ1) is 14.1. The summed E-state index contributed by atoms with van der Waals surface area (Å²) in [5.74, 6) is 0.614. The molecule has 2 nitrogen and oxygen atoms in total. The summed E-state index contributed by atoms with van der Waals surface area (Å²) in [6.07, 6.45) is 11.4. The van der Waals surface area contributed by atoms with Crippen molar-refractivity contribution in [2.75, 3.05) is 6.54 Å². The Labute approximate surface area is 123 Å². The van der Waals surface area contributed by atoms with Gasteiger partial charge in [0, 0.05) is 23.9 Å². The molecule has 2 atom stereocenters. The number of rotatable bonds is 4. The molecule has 20 heavy (non-hydrogen) atoms. The van der Waals surface area contributed by atoms with Crippen molar-refractivity contribution >= 4 is 0 Å². The zero-order chi connectivity index (χ0) is 14.0. The Morgan fingerprint density at radius 1 is 1.35 bits per heavy atom. The number of hydrogen-bond acceptors (Lipinski definition) is 2. The van der Waals surface area contributed by atoms with Crippen molar-refractivity contribution in [3.63, 3.8) is 0 Å². The van der Waals surface area contributed by atoms with Gasteiger partial charge in [-0.15, -0.1) is 0 Å². The van der Waals surface area contributed by atoms with Crippen molar-refractivity contribution in [3.05, 3.63) is 29.6 Å². The predicted octanol–water partition coefficient (Wildman–Crippen LogP) is 4.06. The van der Waals surface area contributed by atoms with Crippen LogP contribution in [0.3, 0.4) is 0 Å². The van der Waals surface area contributed by atoms with Gasteiger partial charge in [0.05, 0.1) is 0 Å². The van der Waals surface area contributed by atoms with E-state index in [9.17, 15) is 0 Å². The van der Waals surface area contributed by atoms with Crippen LogP contribution in [-0.2, 0) is 6.42 Å². The second-order valence-electron chi connectivity index (χ2n) is 6.94. The van der Waals surface area contributed by atoms with E-state index in [-0.39, 0.29) is 0 Å². The van der Waals surface area contributed by atoms with Crippen LogP contribution in [0, 0.1) is 5.41 Å². The van der Waals surface area contributed by atoms with Gasteiger partial charge in [-0.05, 0) is 55.7 Å². The van der Waals surface area contributed by atoms with Crippen molar-refractivity contribution < 1.29 is 0 Å². The lowest BCUT2D eigenvalue weighted by molar-refractivity contribution is 0.181. The van der Waals surface area contributed by atoms with Crippen molar-refractivity contribution in [3.8, 4) is 0 Å². The van der Waals surface area contributed by atoms with Crippen LogP contribution in [0.5, 0.6) is 0 Å². The lowest BCUT2D eigenvalue weighted by Gasteiger charge is -2.42. The van der Waals surface area contributed by atoms with E-state index < -0.39 is 0 Å². The fraction of sp³-hybridized carbons (Fsp3) is 0.722. The highest BCUT2D eigenvalue weighted by atomic mass is 14.9. The van der Waals surface area contributed by atoms with Crippen LogP contribution < -0.4 is 5.32 Å². The Kier molecular flexibility index (Phi) is 4.11. The number of hydrogen-bond donors (Lipinski definition) is 1. The molecule has 0 amide bonds. The molecule has 2 aliphatic rings. The molecular weight excluding hydrogens is 244 g/mol. The summed E-state index contributed by atoms with van der Waals surface area (Å²) in [5, 5.41) is 3.84. The Morgan fingerprint density at radius 2 is 2.15 bits per heavy atom. The summed E-state index contributed by atoms with van der Waals surface area (Å²) in [4.78, 5) is 4.77. The highest BCUT2D eigenvalue weighted by molar-refractivity contribution is 5.28. The zero-order valence-corrected chi connectivity index (χ0v) is 13.0. The average Bonchev–Trinajstić information content (AvgIpc) is 2.92. The zero-order valence-electron chi connectivity index (χ0n) is 13.0. The normalized spacial score (nSPS) is 26.2. The van der Waals surface area contributed by atoms with Crippen LogP contribution in [0.1, 0.15) is 69.5 Å². The Morgan fingerprint density at radius 3 is 2.90 bits per heavy atom. The number of nitrogens with zero attached hydrogens (tertiary/aromatic N) is 1. The Hall–Kier alpha value is -0.890. The van der Waals surface area contributed by atoms with Gasteiger partial charge >= 0.3 is 0 Å². The van der Waals surface area contributed by atoms with Crippen LogP contribution in [0.4, 0.5) is 0 Å². The molecule has 2 aliphatic carbocycles. The topological polar surface area (TPSA) is 24.9 Å². The molecule has 0 bridgehead atoms. The second-order valence-corrected chi connectivity index (χ2v) is 6.94. The fourth-order valence-corrected chi connectivity index (χ4v) is 4.56. The van der Waals surface area contributed by atoms with Crippen molar-refractivity contribution in [1.29, 1.82) is 0 Å². The summed E-state index contributed by atoms with van der Waals surface area (Å²) in [6, 6.07) is 4.99. The molecular formula is C18H28N2. The molecule has 1 aromatic heterocycles. The van der Waals surface area contributed by atoms with Crippen molar-refractivity contribution in [2.45, 2.75) is 70.8 Å². The van der Waals surface area contributed by atoms with Gasteiger partial charge in [0.1, 0.15) is 0 Å². The Balaban J connectivity index is 1.92. The van der Waals surface area contributed by atoms with E-state index in [0.29, 0.717) is 17.4 Å². The SMILES string of the molecule is CCNC(C1CCCc2cccnc21)C1(C)CCCC1. The third kappa shape index (κ3) is 2.50. The maximum atomic E-state index is 4.77. The van der Waals surface area contributed by atoms with Gasteiger partial charge in [-0.1, -0.05) is 32.8 Å². The van der Waals surface area contributed by atoms with Gasteiger partial charge in [0.25, 0.3) is 0 Å². The highest BCUT2D eigenvalue weighted by Crippen LogP contribution is 2.47. The summed E-state index contributed by atoms with van der Waals surface area (Å²) < 4.78 is 0. The molecule has 3 rings (SSSR count). The molecule has 1 N–H and O–H groups in total. The third-order valence-electron chi connectivity index (χ3n) is 5.56. The number of aromatic nitrogens is 1. The first-order valence-corrected chi connectivity index (χ1v) is 8.42. The van der Waals surface area contributed by atoms with Crippen LogP contribution in [-0.4, -0.2) is 17.6 Å². The molecule has 1 fully saturated rings. The highest BCUT2D eigenvalue weighted by Gasteiger charge is 2.42.